The molecule has 0 saturated heterocycles. The molecule has 0 amide bonds. The number of unbranched alkanes of at least 4 members (excludes halogenated alkanes) is 3. The van der Waals surface area contributed by atoms with Crippen molar-refractivity contribution in [3.8, 4) is 0 Å². The zero-order valence-corrected chi connectivity index (χ0v) is 11.4. The summed E-state index contributed by atoms with van der Waals surface area (Å²) in [6, 6.07) is 9.77. The molecular weight excluding hydrogens is 238 g/mol. The lowest BCUT2D eigenvalue weighted by molar-refractivity contribution is -0.0831. The summed E-state index contributed by atoms with van der Waals surface area (Å²) in [7, 11) is 0. The Balaban J connectivity index is 1.91. The third-order valence-electron chi connectivity index (χ3n) is 3.24. The number of azo groups is 1. The molecule has 0 bridgehead atoms. The molecule has 0 radical (unpaired) electrons. The van der Waals surface area contributed by atoms with Gasteiger partial charge in [0.2, 0.25) is 0 Å². The van der Waals surface area contributed by atoms with Crippen LogP contribution in [0.4, 0.5) is 0 Å². The molecule has 0 aliphatic carbocycles. The highest BCUT2D eigenvalue weighted by atomic mass is 16.5. The van der Waals surface area contributed by atoms with Crippen LogP contribution in [0, 0.1) is 0 Å². The van der Waals surface area contributed by atoms with Crippen molar-refractivity contribution >= 4 is 5.70 Å². The Morgan fingerprint density at radius 3 is 2.63 bits per heavy atom. The lowest BCUT2D eigenvalue weighted by atomic mass is 10.1. The zero-order valence-electron chi connectivity index (χ0n) is 11.4. The summed E-state index contributed by atoms with van der Waals surface area (Å²) in [5.41, 5.74) is 1.67. The fraction of sp³-hybridized carbons (Fsp3) is 0.467. The second kappa shape index (κ2) is 7.04. The second-order valence-electron chi connectivity index (χ2n) is 4.81. The molecule has 1 N–H and O–H groups in total. The maximum absolute atomic E-state index is 9.96. The minimum absolute atomic E-state index is 0.232. The quantitative estimate of drug-likeness (QED) is 0.768. The minimum atomic E-state index is -0.232. The summed E-state index contributed by atoms with van der Waals surface area (Å²) in [5, 5.41) is 19.6. The van der Waals surface area contributed by atoms with Gasteiger partial charge in [-0.1, -0.05) is 56.5 Å². The highest BCUT2D eigenvalue weighted by Gasteiger charge is 2.18. The Bertz CT molecular complexity index is 442. The monoisotopic (exact) mass is 259 g/mol. The second-order valence-corrected chi connectivity index (χ2v) is 4.81. The van der Waals surface area contributed by atoms with Crippen molar-refractivity contribution in [2.45, 2.75) is 45.2 Å². The van der Waals surface area contributed by atoms with Gasteiger partial charge in [0.05, 0.1) is 6.20 Å². The Morgan fingerprint density at radius 1 is 1.16 bits per heavy atom. The molecule has 2 rings (SSSR count). The number of nitrogens with zero attached hydrogens (tertiary/aromatic N) is 3. The molecule has 4 nitrogen and oxygen atoms in total. The van der Waals surface area contributed by atoms with E-state index in [1.54, 1.807) is 6.20 Å². The molecule has 4 heteroatoms. The van der Waals surface area contributed by atoms with Crippen LogP contribution in [0.15, 0.2) is 46.8 Å². The van der Waals surface area contributed by atoms with Gasteiger partial charge in [0.25, 0.3) is 0 Å². The molecular formula is C15H21N3O. The normalized spacial score (nSPS) is 18.5. The number of hydrogen-bond acceptors (Lipinski definition) is 4. The average molecular weight is 259 g/mol. The molecule has 0 aromatic heterocycles. The van der Waals surface area contributed by atoms with Crippen LogP contribution in [0.2, 0.25) is 0 Å². The Hall–Kier alpha value is -1.68. The highest BCUT2D eigenvalue weighted by Crippen LogP contribution is 2.24. The summed E-state index contributed by atoms with van der Waals surface area (Å²) in [4.78, 5) is 0. The molecule has 0 saturated carbocycles. The van der Waals surface area contributed by atoms with Crippen molar-refractivity contribution in [2.24, 2.45) is 10.2 Å². The van der Waals surface area contributed by atoms with E-state index >= 15 is 0 Å². The number of benzene rings is 1. The van der Waals surface area contributed by atoms with Crippen molar-refractivity contribution in [2.75, 3.05) is 0 Å². The number of hydroxylamine groups is 2. The van der Waals surface area contributed by atoms with Crippen LogP contribution in [0.25, 0.3) is 5.70 Å². The summed E-state index contributed by atoms with van der Waals surface area (Å²) in [6.07, 6.45) is 6.98. The van der Waals surface area contributed by atoms with Crippen molar-refractivity contribution < 1.29 is 5.21 Å². The fourth-order valence-corrected chi connectivity index (χ4v) is 2.10. The largest absolute Gasteiger partial charge is 0.287 e. The van der Waals surface area contributed by atoms with Gasteiger partial charge in [-0.25, -0.2) is 5.06 Å². The van der Waals surface area contributed by atoms with Gasteiger partial charge >= 0.3 is 0 Å². The number of hydrogen-bond donors (Lipinski definition) is 1. The first-order valence-electron chi connectivity index (χ1n) is 6.96. The van der Waals surface area contributed by atoms with Crippen LogP contribution in [0.1, 0.15) is 44.6 Å². The van der Waals surface area contributed by atoms with Gasteiger partial charge in [0, 0.05) is 5.56 Å². The maximum Gasteiger partial charge on any atom is 0.166 e. The molecule has 102 valence electrons. The van der Waals surface area contributed by atoms with Crippen molar-refractivity contribution in [1.29, 1.82) is 0 Å². The van der Waals surface area contributed by atoms with Gasteiger partial charge in [0.15, 0.2) is 6.17 Å². The molecule has 1 aliphatic rings. The van der Waals surface area contributed by atoms with Crippen LogP contribution in [0.5, 0.6) is 0 Å². The van der Waals surface area contributed by atoms with Crippen molar-refractivity contribution in [3.63, 3.8) is 0 Å². The third kappa shape index (κ3) is 3.89. The molecule has 1 aromatic carbocycles. The van der Waals surface area contributed by atoms with Gasteiger partial charge in [-0.2, -0.15) is 10.2 Å². The lowest BCUT2D eigenvalue weighted by Crippen LogP contribution is -2.27. The predicted octanol–water partition coefficient (Wildman–Crippen LogP) is 4.44. The Morgan fingerprint density at radius 2 is 1.95 bits per heavy atom. The van der Waals surface area contributed by atoms with E-state index in [1.807, 2.05) is 30.3 Å². The molecule has 1 unspecified atom stereocenters. The fourth-order valence-electron chi connectivity index (χ4n) is 2.10. The van der Waals surface area contributed by atoms with Gasteiger partial charge in [-0.15, -0.1) is 0 Å². The van der Waals surface area contributed by atoms with E-state index in [9.17, 15) is 5.21 Å². The van der Waals surface area contributed by atoms with E-state index in [0.717, 1.165) is 18.4 Å². The first-order chi connectivity index (χ1) is 9.31. The summed E-state index contributed by atoms with van der Waals surface area (Å²) in [6.45, 7) is 2.19. The number of rotatable bonds is 6. The Kier molecular flexibility index (Phi) is 5.10. The highest BCUT2D eigenvalue weighted by molar-refractivity contribution is 5.63. The topological polar surface area (TPSA) is 48.2 Å². The van der Waals surface area contributed by atoms with Gasteiger partial charge in [0.1, 0.15) is 5.70 Å². The lowest BCUT2D eigenvalue weighted by Gasteiger charge is -2.24. The zero-order chi connectivity index (χ0) is 13.5. The molecule has 1 aliphatic heterocycles. The molecule has 19 heavy (non-hydrogen) atoms. The summed E-state index contributed by atoms with van der Waals surface area (Å²) >= 11 is 0. The van der Waals surface area contributed by atoms with Gasteiger partial charge in [-0.05, 0) is 12.8 Å². The first-order valence-corrected chi connectivity index (χ1v) is 6.96. The molecule has 0 spiro atoms. The van der Waals surface area contributed by atoms with Crippen molar-refractivity contribution in [3.05, 3.63) is 42.1 Å². The summed E-state index contributed by atoms with van der Waals surface area (Å²) < 4.78 is 0. The van der Waals surface area contributed by atoms with E-state index < -0.39 is 0 Å². The minimum Gasteiger partial charge on any atom is -0.287 e. The van der Waals surface area contributed by atoms with Crippen LogP contribution >= 0.6 is 0 Å². The van der Waals surface area contributed by atoms with E-state index in [4.69, 9.17) is 0 Å². The van der Waals surface area contributed by atoms with Gasteiger partial charge in [-0.3, -0.25) is 5.21 Å². The van der Waals surface area contributed by atoms with E-state index in [-0.39, 0.29) is 6.17 Å². The molecule has 1 atom stereocenters. The van der Waals surface area contributed by atoms with E-state index in [1.165, 1.54) is 24.3 Å². The third-order valence-corrected chi connectivity index (χ3v) is 3.24. The molecule has 0 fully saturated rings. The first kappa shape index (κ1) is 13.7. The van der Waals surface area contributed by atoms with Crippen LogP contribution < -0.4 is 0 Å². The van der Waals surface area contributed by atoms with Crippen LogP contribution in [-0.4, -0.2) is 16.4 Å². The molecule has 1 aromatic rings. The maximum atomic E-state index is 9.96. The molecule has 1 heterocycles. The average Bonchev–Trinajstić information content (AvgIpc) is 2.46. The summed E-state index contributed by atoms with van der Waals surface area (Å²) in [5.74, 6) is 0. The van der Waals surface area contributed by atoms with Gasteiger partial charge < -0.3 is 0 Å². The van der Waals surface area contributed by atoms with Crippen LogP contribution in [0.3, 0.4) is 0 Å². The van der Waals surface area contributed by atoms with Crippen molar-refractivity contribution in [1.82, 2.24) is 5.06 Å². The smallest absolute Gasteiger partial charge is 0.166 e. The Labute approximate surface area is 114 Å². The van der Waals surface area contributed by atoms with E-state index in [2.05, 4.69) is 17.2 Å². The van der Waals surface area contributed by atoms with E-state index in [0.29, 0.717) is 5.70 Å². The predicted molar refractivity (Wildman–Crippen MR) is 75.4 cm³/mol. The standard InChI is InChI=1S/C15H21N3O/c1-2-3-4-8-11-15-17-16-14(12-18(15)19)13-9-6-5-7-10-13/h5-7,9-10,12,15,19H,2-4,8,11H2,1H3. The SMILES string of the molecule is CCCCCCC1N=NC(c2ccccc2)=CN1O. The van der Waals surface area contributed by atoms with Crippen LogP contribution in [-0.2, 0) is 0 Å².